The number of nitrogens with zero attached hydrogens (tertiary/aromatic N) is 1. The van der Waals surface area contributed by atoms with Gasteiger partial charge in [0.15, 0.2) is 5.13 Å². The lowest BCUT2D eigenvalue weighted by Crippen LogP contribution is -2.11. The molecule has 25 heavy (non-hydrogen) atoms. The molecule has 0 spiro atoms. The van der Waals surface area contributed by atoms with Crippen molar-refractivity contribution in [2.45, 2.75) is 13.3 Å². The first-order chi connectivity index (χ1) is 11.9. The Bertz CT molecular complexity index is 943. The number of nitrogens with one attached hydrogen (secondary N) is 1. The van der Waals surface area contributed by atoms with Gasteiger partial charge in [-0.05, 0) is 58.7 Å². The second-order valence-electron chi connectivity index (χ2n) is 5.42. The summed E-state index contributed by atoms with van der Waals surface area (Å²) in [6, 6.07) is 13.1. The average molecular weight is 501 g/mol. The lowest BCUT2D eigenvalue weighted by Gasteiger charge is -2.02. The van der Waals surface area contributed by atoms with Crippen molar-refractivity contribution < 1.29 is 4.79 Å². The van der Waals surface area contributed by atoms with Crippen molar-refractivity contribution >= 4 is 65.8 Å². The number of amides is 1. The van der Waals surface area contributed by atoms with Crippen molar-refractivity contribution in [2.24, 2.45) is 0 Å². The zero-order valence-corrected chi connectivity index (χ0v) is 17.9. The largest absolute Gasteiger partial charge is 0.298 e. The first-order valence-electron chi connectivity index (χ1n) is 7.39. The second kappa shape index (κ2) is 7.99. The van der Waals surface area contributed by atoms with Crippen LogP contribution in [0.15, 0.2) is 51.4 Å². The summed E-state index contributed by atoms with van der Waals surface area (Å²) in [5.74, 6) is -0.173. The molecule has 0 saturated carbocycles. The summed E-state index contributed by atoms with van der Waals surface area (Å²) in [6.07, 6.45) is 0.725. The number of aromatic nitrogens is 1. The van der Waals surface area contributed by atoms with Gasteiger partial charge in [-0.2, -0.15) is 0 Å². The van der Waals surface area contributed by atoms with Gasteiger partial charge in [0.25, 0.3) is 5.91 Å². The summed E-state index contributed by atoms with van der Waals surface area (Å²) in [4.78, 5) is 17.9. The van der Waals surface area contributed by atoms with Crippen LogP contribution >= 0.6 is 54.8 Å². The van der Waals surface area contributed by atoms with Crippen LogP contribution in [0.3, 0.4) is 0 Å². The molecule has 0 aliphatic rings. The molecule has 1 aromatic heterocycles. The number of benzene rings is 2. The molecule has 7 heteroatoms. The molecule has 2 aromatic carbocycles. The first kappa shape index (κ1) is 18.6. The molecule has 1 N–H and O–H groups in total. The van der Waals surface area contributed by atoms with E-state index in [1.165, 1.54) is 11.3 Å². The summed E-state index contributed by atoms with van der Waals surface area (Å²) in [5, 5.41) is 4.15. The van der Waals surface area contributed by atoms with Crippen LogP contribution in [0.2, 0.25) is 5.02 Å². The van der Waals surface area contributed by atoms with Gasteiger partial charge >= 0.3 is 0 Å². The van der Waals surface area contributed by atoms with E-state index in [0.717, 1.165) is 31.5 Å². The Hall–Kier alpha value is -1.21. The molecule has 0 unspecified atom stereocenters. The highest BCUT2D eigenvalue weighted by Crippen LogP contribution is 2.29. The van der Waals surface area contributed by atoms with Crippen molar-refractivity contribution in [3.8, 4) is 0 Å². The SMILES string of the molecule is Cc1nc(NC(=O)c2cccc(Br)c2)sc1Cc1ccc(Br)c(Cl)c1. The fourth-order valence-corrected chi connectivity index (χ4v) is 4.12. The van der Waals surface area contributed by atoms with E-state index in [4.69, 9.17) is 11.6 Å². The molecule has 0 radical (unpaired) electrons. The molecule has 0 aliphatic carbocycles. The highest BCUT2D eigenvalue weighted by molar-refractivity contribution is 9.10. The Morgan fingerprint density at radius 1 is 1.24 bits per heavy atom. The van der Waals surface area contributed by atoms with E-state index in [-0.39, 0.29) is 5.91 Å². The molecule has 3 rings (SSSR count). The Balaban J connectivity index is 1.75. The van der Waals surface area contributed by atoms with Gasteiger partial charge in [0.2, 0.25) is 0 Å². The van der Waals surface area contributed by atoms with Crippen molar-refractivity contribution in [2.75, 3.05) is 5.32 Å². The molecule has 0 fully saturated rings. The predicted octanol–water partition coefficient (Wildman–Crippen LogP) is 6.47. The molecule has 1 heterocycles. The number of hydrogen-bond donors (Lipinski definition) is 1. The maximum Gasteiger partial charge on any atom is 0.257 e. The number of carbonyl (C=O) groups excluding carboxylic acids is 1. The van der Waals surface area contributed by atoms with Gasteiger partial charge in [-0.15, -0.1) is 11.3 Å². The molecule has 3 aromatic rings. The molecule has 0 saturated heterocycles. The zero-order chi connectivity index (χ0) is 18.0. The van der Waals surface area contributed by atoms with Crippen LogP contribution in [-0.2, 0) is 6.42 Å². The second-order valence-corrected chi connectivity index (χ2v) is 8.68. The van der Waals surface area contributed by atoms with Crippen molar-refractivity contribution in [1.82, 2.24) is 4.98 Å². The molecular formula is C18H13Br2ClN2OS. The number of hydrogen-bond acceptors (Lipinski definition) is 3. The van der Waals surface area contributed by atoms with Crippen LogP contribution in [0.1, 0.15) is 26.5 Å². The molecule has 128 valence electrons. The van der Waals surface area contributed by atoms with Gasteiger partial charge in [0.05, 0.1) is 10.7 Å². The van der Waals surface area contributed by atoms with Gasteiger partial charge < -0.3 is 0 Å². The van der Waals surface area contributed by atoms with Crippen LogP contribution in [0.4, 0.5) is 5.13 Å². The molecule has 3 nitrogen and oxygen atoms in total. The highest BCUT2D eigenvalue weighted by Gasteiger charge is 2.13. The number of anilines is 1. The maximum absolute atomic E-state index is 12.3. The lowest BCUT2D eigenvalue weighted by atomic mass is 10.1. The average Bonchev–Trinajstić information content (AvgIpc) is 2.90. The minimum atomic E-state index is -0.173. The number of halogens is 3. The molecule has 1 amide bonds. The van der Waals surface area contributed by atoms with E-state index in [2.05, 4.69) is 42.2 Å². The van der Waals surface area contributed by atoms with Crippen LogP contribution < -0.4 is 5.32 Å². The van der Waals surface area contributed by atoms with E-state index in [0.29, 0.717) is 15.7 Å². The summed E-state index contributed by atoms with van der Waals surface area (Å²) in [5.41, 5.74) is 2.60. The third kappa shape index (κ3) is 4.70. The van der Waals surface area contributed by atoms with Crippen LogP contribution in [0.5, 0.6) is 0 Å². The predicted molar refractivity (Wildman–Crippen MR) is 111 cm³/mol. The molecule has 0 atom stereocenters. The number of carbonyl (C=O) groups is 1. The zero-order valence-electron chi connectivity index (χ0n) is 13.1. The minimum absolute atomic E-state index is 0.173. The van der Waals surface area contributed by atoms with E-state index in [1.54, 1.807) is 12.1 Å². The number of thiazole rings is 1. The van der Waals surface area contributed by atoms with E-state index >= 15 is 0 Å². The summed E-state index contributed by atoms with van der Waals surface area (Å²) >= 11 is 14.4. The van der Waals surface area contributed by atoms with E-state index < -0.39 is 0 Å². The highest BCUT2D eigenvalue weighted by atomic mass is 79.9. The topological polar surface area (TPSA) is 42.0 Å². The molecule has 0 bridgehead atoms. The number of rotatable bonds is 4. The minimum Gasteiger partial charge on any atom is -0.298 e. The normalized spacial score (nSPS) is 10.7. The van der Waals surface area contributed by atoms with Crippen LogP contribution in [0.25, 0.3) is 0 Å². The lowest BCUT2D eigenvalue weighted by molar-refractivity contribution is 0.102. The Labute approximate surface area is 171 Å². The molecular weight excluding hydrogens is 488 g/mol. The fraction of sp³-hybridized carbons (Fsp3) is 0.111. The van der Waals surface area contributed by atoms with Gasteiger partial charge in [-0.1, -0.05) is 39.7 Å². The maximum atomic E-state index is 12.3. The summed E-state index contributed by atoms with van der Waals surface area (Å²) < 4.78 is 1.74. The van der Waals surface area contributed by atoms with E-state index in [1.807, 2.05) is 37.3 Å². The Kier molecular flexibility index (Phi) is 5.94. The monoisotopic (exact) mass is 498 g/mol. The van der Waals surface area contributed by atoms with Gasteiger partial charge in [0, 0.05) is 25.8 Å². The van der Waals surface area contributed by atoms with Gasteiger partial charge in [0.1, 0.15) is 0 Å². The summed E-state index contributed by atoms with van der Waals surface area (Å²) in [7, 11) is 0. The Morgan fingerprint density at radius 3 is 2.76 bits per heavy atom. The first-order valence-corrected chi connectivity index (χ1v) is 10.2. The van der Waals surface area contributed by atoms with Crippen molar-refractivity contribution in [3.63, 3.8) is 0 Å². The van der Waals surface area contributed by atoms with Gasteiger partial charge in [-0.25, -0.2) is 4.98 Å². The number of aryl methyl sites for hydroxylation is 1. The third-order valence-electron chi connectivity index (χ3n) is 3.55. The standard InChI is InChI=1S/C18H13Br2ClN2OS/c1-10-16(8-11-5-6-14(20)15(21)7-11)25-18(22-10)23-17(24)12-3-2-4-13(19)9-12/h2-7,9H,8H2,1H3,(H,22,23,24). The van der Waals surface area contributed by atoms with Crippen molar-refractivity contribution in [3.05, 3.63) is 78.1 Å². The quantitative estimate of drug-likeness (QED) is 0.446. The van der Waals surface area contributed by atoms with E-state index in [9.17, 15) is 4.79 Å². The molecule has 0 aliphatic heterocycles. The smallest absolute Gasteiger partial charge is 0.257 e. The summed E-state index contributed by atoms with van der Waals surface area (Å²) in [6.45, 7) is 1.95. The third-order valence-corrected chi connectivity index (χ3v) is 6.35. The van der Waals surface area contributed by atoms with Crippen LogP contribution in [0, 0.1) is 6.92 Å². The van der Waals surface area contributed by atoms with Crippen molar-refractivity contribution in [1.29, 1.82) is 0 Å². The Morgan fingerprint density at radius 2 is 2.04 bits per heavy atom. The van der Waals surface area contributed by atoms with Crippen LogP contribution in [-0.4, -0.2) is 10.9 Å². The van der Waals surface area contributed by atoms with Gasteiger partial charge in [-0.3, -0.25) is 10.1 Å². The fourth-order valence-electron chi connectivity index (χ4n) is 2.28.